The van der Waals surface area contributed by atoms with Crippen LogP contribution in [0.25, 0.3) is 11.1 Å². The molecule has 0 saturated carbocycles. The second-order valence-corrected chi connectivity index (χ2v) is 11.0. The van der Waals surface area contributed by atoms with E-state index in [1.165, 1.54) is 16.2 Å². The first-order chi connectivity index (χ1) is 15.2. The van der Waals surface area contributed by atoms with Crippen molar-refractivity contribution >= 4 is 27.4 Å². The van der Waals surface area contributed by atoms with E-state index in [0.717, 1.165) is 22.4 Å². The Labute approximate surface area is 194 Å². The number of urea groups is 1. The molecule has 0 fully saturated rings. The minimum Gasteiger partial charge on any atom is -0.333 e. The van der Waals surface area contributed by atoms with Crippen LogP contribution in [0.1, 0.15) is 38.1 Å². The summed E-state index contributed by atoms with van der Waals surface area (Å²) in [5.41, 5.74) is 2.47. The molecule has 0 atom stereocenters. The van der Waals surface area contributed by atoms with E-state index >= 15 is 0 Å². The molecular formula is C23H30N4O3S2. The molecular weight excluding hydrogens is 444 g/mol. The van der Waals surface area contributed by atoms with Gasteiger partial charge in [0.1, 0.15) is 4.21 Å². The average Bonchev–Trinajstić information content (AvgIpc) is 3.38. The third kappa shape index (κ3) is 5.77. The fourth-order valence-electron chi connectivity index (χ4n) is 3.49. The van der Waals surface area contributed by atoms with E-state index in [2.05, 4.69) is 23.6 Å². The number of hydrogen-bond acceptors (Lipinski definition) is 5. The second kappa shape index (κ2) is 10.3. The first-order valence-corrected chi connectivity index (χ1v) is 13.0. The lowest BCUT2D eigenvalue weighted by molar-refractivity contribution is 0.209. The maximum Gasteiger partial charge on any atom is 0.331 e. The number of nitrogens with one attached hydrogen (secondary N) is 1. The molecule has 2 aromatic heterocycles. The fourth-order valence-corrected chi connectivity index (χ4v) is 6.41. The quantitative estimate of drug-likeness (QED) is 0.491. The van der Waals surface area contributed by atoms with Crippen molar-refractivity contribution in [2.45, 2.75) is 44.9 Å². The Morgan fingerprint density at radius 2 is 1.97 bits per heavy atom. The van der Waals surface area contributed by atoms with Gasteiger partial charge in [0.25, 0.3) is 10.0 Å². The summed E-state index contributed by atoms with van der Waals surface area (Å²) < 4.78 is 30.9. The van der Waals surface area contributed by atoms with Crippen LogP contribution in [-0.4, -0.2) is 42.0 Å². The van der Waals surface area contributed by atoms with Gasteiger partial charge in [-0.2, -0.15) is 0 Å². The van der Waals surface area contributed by atoms with Gasteiger partial charge in [0.2, 0.25) is 0 Å². The van der Waals surface area contributed by atoms with Crippen LogP contribution < -0.4 is 4.72 Å². The Hall–Kier alpha value is -2.65. The number of nitrogens with zero attached hydrogens (tertiary/aromatic N) is 3. The molecule has 0 aliphatic heterocycles. The summed E-state index contributed by atoms with van der Waals surface area (Å²) in [4.78, 5) is 19.0. The van der Waals surface area contributed by atoms with Crippen LogP contribution in [0.3, 0.4) is 0 Å². The molecule has 3 rings (SSSR count). The smallest absolute Gasteiger partial charge is 0.331 e. The molecule has 1 aromatic carbocycles. The highest BCUT2D eigenvalue weighted by molar-refractivity contribution is 7.92. The fraction of sp³-hybridized carbons (Fsp3) is 0.391. The Kier molecular flexibility index (Phi) is 7.73. The summed E-state index contributed by atoms with van der Waals surface area (Å²) in [6, 6.07) is 9.16. The lowest BCUT2D eigenvalue weighted by atomic mass is 10.0. The first-order valence-electron chi connectivity index (χ1n) is 10.7. The minimum atomic E-state index is -4.02. The summed E-state index contributed by atoms with van der Waals surface area (Å²) in [6.07, 6.45) is 6.13. The van der Waals surface area contributed by atoms with E-state index in [9.17, 15) is 13.2 Å². The van der Waals surface area contributed by atoms with E-state index in [-0.39, 0.29) is 4.21 Å². The third-order valence-electron chi connectivity index (χ3n) is 5.04. The predicted octanol–water partition coefficient (Wildman–Crippen LogP) is 4.60. The van der Waals surface area contributed by atoms with Crippen LogP contribution in [-0.2, 0) is 23.0 Å². The maximum atomic E-state index is 13.3. The number of benzene rings is 1. The molecule has 32 heavy (non-hydrogen) atoms. The average molecular weight is 475 g/mol. The zero-order valence-corrected chi connectivity index (χ0v) is 20.5. The third-order valence-corrected chi connectivity index (χ3v) is 8.05. The van der Waals surface area contributed by atoms with Crippen molar-refractivity contribution in [1.29, 1.82) is 0 Å². The first kappa shape index (κ1) is 24.0. The van der Waals surface area contributed by atoms with Gasteiger partial charge < -0.3 is 9.47 Å². The summed E-state index contributed by atoms with van der Waals surface area (Å²) in [5.74, 6) is 0.384. The number of hydrogen-bond donors (Lipinski definition) is 1. The van der Waals surface area contributed by atoms with Crippen molar-refractivity contribution in [2.24, 2.45) is 5.92 Å². The molecule has 0 aliphatic rings. The molecule has 7 nitrogen and oxygen atoms in total. The lowest BCUT2D eigenvalue weighted by Crippen LogP contribution is -2.42. The van der Waals surface area contributed by atoms with Gasteiger partial charge in [-0.25, -0.2) is 22.9 Å². The van der Waals surface area contributed by atoms with Crippen LogP contribution >= 0.6 is 11.3 Å². The van der Waals surface area contributed by atoms with Crippen molar-refractivity contribution in [3.8, 4) is 11.1 Å². The van der Waals surface area contributed by atoms with Crippen molar-refractivity contribution in [3.63, 3.8) is 0 Å². The number of aromatic nitrogens is 2. The van der Waals surface area contributed by atoms with Gasteiger partial charge in [-0.1, -0.05) is 32.0 Å². The molecule has 172 valence electrons. The molecule has 0 spiro atoms. The second-order valence-electron chi connectivity index (χ2n) is 8.03. The van der Waals surface area contributed by atoms with E-state index in [1.54, 1.807) is 12.5 Å². The maximum absolute atomic E-state index is 13.3. The Balaban J connectivity index is 2.00. The largest absolute Gasteiger partial charge is 0.333 e. The molecule has 2 heterocycles. The van der Waals surface area contributed by atoms with Gasteiger partial charge in [0, 0.05) is 42.5 Å². The number of imidazole rings is 1. The normalized spacial score (nSPS) is 11.7. The van der Waals surface area contributed by atoms with Crippen molar-refractivity contribution in [2.75, 3.05) is 13.1 Å². The van der Waals surface area contributed by atoms with Crippen LogP contribution in [0.2, 0.25) is 0 Å². The molecule has 0 saturated heterocycles. The van der Waals surface area contributed by atoms with Gasteiger partial charge >= 0.3 is 6.03 Å². The van der Waals surface area contributed by atoms with Crippen molar-refractivity contribution < 1.29 is 13.2 Å². The van der Waals surface area contributed by atoms with E-state index < -0.39 is 16.1 Å². The Morgan fingerprint density at radius 1 is 1.22 bits per heavy atom. The molecule has 9 heteroatoms. The Bertz CT molecular complexity index is 1150. The van der Waals surface area contributed by atoms with Crippen LogP contribution in [0.5, 0.6) is 0 Å². The topological polar surface area (TPSA) is 84.3 Å². The van der Waals surface area contributed by atoms with Crippen molar-refractivity contribution in [1.82, 2.24) is 19.2 Å². The highest BCUT2D eigenvalue weighted by atomic mass is 32.2. The number of sulfonamides is 1. The molecule has 0 bridgehead atoms. The molecule has 0 radical (unpaired) electrons. The predicted molar refractivity (Wildman–Crippen MR) is 128 cm³/mol. The number of rotatable bonds is 9. The molecule has 2 amide bonds. The molecule has 1 N–H and O–H groups in total. The molecule has 3 aromatic rings. The van der Waals surface area contributed by atoms with Crippen LogP contribution in [0, 0.1) is 5.92 Å². The summed E-state index contributed by atoms with van der Waals surface area (Å²) >= 11 is 1.23. The minimum absolute atomic E-state index is 0.174. The monoisotopic (exact) mass is 474 g/mol. The highest BCUT2D eigenvalue weighted by Gasteiger charge is 2.27. The van der Waals surface area contributed by atoms with E-state index in [0.29, 0.717) is 31.1 Å². The van der Waals surface area contributed by atoms with E-state index in [4.69, 9.17) is 0 Å². The standard InChI is InChI=1S/C23H30N4O3S2/c1-5-27(6-2)23(28)25-32(29,30)22-21(14-20(31-22)12-17(3)4)19-9-7-8-18(13-19)15-26-11-10-24-16-26/h7-11,13-14,16-17H,5-6,12,15H2,1-4H3,(H,25,28). The van der Waals surface area contributed by atoms with Gasteiger partial charge in [-0.3, -0.25) is 0 Å². The lowest BCUT2D eigenvalue weighted by Gasteiger charge is -2.19. The summed E-state index contributed by atoms with van der Waals surface area (Å²) in [6.45, 7) is 9.34. The summed E-state index contributed by atoms with van der Waals surface area (Å²) in [7, 11) is -4.02. The van der Waals surface area contributed by atoms with Gasteiger partial charge in [-0.15, -0.1) is 11.3 Å². The SMILES string of the molecule is CCN(CC)C(=O)NS(=O)(=O)c1sc(CC(C)C)cc1-c1cccc(Cn2ccnc2)c1. The van der Waals surface area contributed by atoms with Crippen molar-refractivity contribution in [3.05, 3.63) is 59.5 Å². The number of carbonyl (C=O) groups is 1. The van der Waals surface area contributed by atoms with Gasteiger partial charge in [0.05, 0.1) is 6.33 Å². The van der Waals surface area contributed by atoms with E-state index in [1.807, 2.05) is 54.9 Å². The summed E-state index contributed by atoms with van der Waals surface area (Å²) in [5, 5.41) is 0. The Morgan fingerprint density at radius 3 is 2.59 bits per heavy atom. The van der Waals surface area contributed by atoms with Gasteiger partial charge in [-0.05, 0) is 49.4 Å². The zero-order chi connectivity index (χ0) is 23.3. The molecule has 0 aliphatic carbocycles. The van der Waals surface area contributed by atoms with Crippen LogP contribution in [0.15, 0.2) is 53.3 Å². The number of carbonyl (C=O) groups excluding carboxylic acids is 1. The number of amides is 2. The number of thiophene rings is 1. The molecule has 0 unspecified atom stereocenters. The zero-order valence-electron chi connectivity index (χ0n) is 18.9. The van der Waals surface area contributed by atoms with Gasteiger partial charge in [0.15, 0.2) is 0 Å². The highest BCUT2D eigenvalue weighted by Crippen LogP contribution is 2.36. The van der Waals surface area contributed by atoms with Crippen LogP contribution in [0.4, 0.5) is 4.79 Å².